The number of para-hydroxylation sites is 1. The van der Waals surface area contributed by atoms with Gasteiger partial charge >= 0.3 is 17.8 Å². The third-order valence-electron chi connectivity index (χ3n) is 3.84. The van der Waals surface area contributed by atoms with E-state index in [1.807, 2.05) is 32.9 Å². The van der Waals surface area contributed by atoms with Gasteiger partial charge < -0.3 is 15.4 Å². The number of esters is 1. The lowest BCUT2D eigenvalue weighted by molar-refractivity contribution is -0.133. The molecular weight excluding hydrogens is 344 g/mol. The van der Waals surface area contributed by atoms with Gasteiger partial charge in [0.2, 0.25) is 0 Å². The van der Waals surface area contributed by atoms with E-state index in [0.29, 0.717) is 16.9 Å². The first-order valence-electron chi connectivity index (χ1n) is 8.71. The molecule has 0 aliphatic rings. The first-order chi connectivity index (χ1) is 12.7. The summed E-state index contributed by atoms with van der Waals surface area (Å²) < 4.78 is 4.90. The third-order valence-corrected chi connectivity index (χ3v) is 3.84. The predicted molar refractivity (Wildman–Crippen MR) is 105 cm³/mol. The van der Waals surface area contributed by atoms with Crippen molar-refractivity contribution in [1.82, 2.24) is 0 Å². The molecule has 0 spiro atoms. The summed E-state index contributed by atoms with van der Waals surface area (Å²) in [5, 5.41) is 5.17. The minimum Gasteiger partial charge on any atom is -0.462 e. The van der Waals surface area contributed by atoms with Gasteiger partial charge in [-0.1, -0.05) is 39.0 Å². The van der Waals surface area contributed by atoms with Gasteiger partial charge in [-0.15, -0.1) is 0 Å². The number of hydrogen-bond donors (Lipinski definition) is 2. The average molecular weight is 368 g/mol. The van der Waals surface area contributed by atoms with E-state index < -0.39 is 17.8 Å². The lowest BCUT2D eigenvalue weighted by Crippen LogP contribution is -2.30. The number of rotatable bonds is 4. The molecule has 0 radical (unpaired) electrons. The summed E-state index contributed by atoms with van der Waals surface area (Å²) in [5.74, 6) is -1.99. The van der Waals surface area contributed by atoms with Crippen LogP contribution in [0.3, 0.4) is 0 Å². The molecule has 0 bridgehead atoms. The van der Waals surface area contributed by atoms with Gasteiger partial charge in [0.15, 0.2) is 0 Å². The van der Waals surface area contributed by atoms with Crippen LogP contribution in [0.15, 0.2) is 48.5 Å². The Morgan fingerprint density at radius 3 is 2.07 bits per heavy atom. The van der Waals surface area contributed by atoms with Crippen LogP contribution in [-0.2, 0) is 19.7 Å². The van der Waals surface area contributed by atoms with Gasteiger partial charge in [0.25, 0.3) is 0 Å². The van der Waals surface area contributed by atoms with Crippen LogP contribution in [0.25, 0.3) is 0 Å². The van der Waals surface area contributed by atoms with E-state index in [1.54, 1.807) is 31.2 Å². The summed E-state index contributed by atoms with van der Waals surface area (Å²) in [6.07, 6.45) is 0. The fourth-order valence-electron chi connectivity index (χ4n) is 2.52. The van der Waals surface area contributed by atoms with E-state index >= 15 is 0 Å². The minimum absolute atomic E-state index is 0.177. The Bertz CT molecular complexity index is 836. The van der Waals surface area contributed by atoms with Gasteiger partial charge in [-0.3, -0.25) is 9.59 Å². The van der Waals surface area contributed by atoms with E-state index in [-0.39, 0.29) is 12.0 Å². The molecule has 0 heterocycles. The lowest BCUT2D eigenvalue weighted by atomic mass is 9.86. The van der Waals surface area contributed by atoms with Crippen molar-refractivity contribution >= 4 is 29.2 Å². The largest absolute Gasteiger partial charge is 0.462 e. The fourth-order valence-corrected chi connectivity index (χ4v) is 2.52. The Morgan fingerprint density at radius 1 is 0.889 bits per heavy atom. The van der Waals surface area contributed by atoms with Crippen LogP contribution in [0.2, 0.25) is 0 Å². The van der Waals surface area contributed by atoms with Crippen LogP contribution >= 0.6 is 0 Å². The molecule has 0 atom stereocenters. The minimum atomic E-state index is -0.789. The quantitative estimate of drug-likeness (QED) is 0.636. The molecule has 2 N–H and O–H groups in total. The highest BCUT2D eigenvalue weighted by molar-refractivity contribution is 6.43. The fraction of sp³-hybridized carbons (Fsp3) is 0.286. The highest BCUT2D eigenvalue weighted by atomic mass is 16.5. The van der Waals surface area contributed by atoms with Gasteiger partial charge in [-0.05, 0) is 48.2 Å². The smallest absolute Gasteiger partial charge is 0.338 e. The van der Waals surface area contributed by atoms with Crippen LogP contribution in [0.1, 0.15) is 43.6 Å². The van der Waals surface area contributed by atoms with E-state index in [0.717, 1.165) is 5.56 Å². The molecular formula is C21H24N2O4. The van der Waals surface area contributed by atoms with Crippen molar-refractivity contribution < 1.29 is 19.1 Å². The maximum atomic E-state index is 12.3. The summed E-state index contributed by atoms with van der Waals surface area (Å²) in [5.41, 5.74) is 2.14. The van der Waals surface area contributed by atoms with Crippen LogP contribution in [0.4, 0.5) is 11.4 Å². The van der Waals surface area contributed by atoms with Gasteiger partial charge in [0.1, 0.15) is 0 Å². The second-order valence-electron chi connectivity index (χ2n) is 7.00. The maximum Gasteiger partial charge on any atom is 0.338 e. The van der Waals surface area contributed by atoms with Crippen LogP contribution in [0.5, 0.6) is 0 Å². The van der Waals surface area contributed by atoms with Crippen molar-refractivity contribution in [3.63, 3.8) is 0 Å². The normalized spacial score (nSPS) is 10.8. The maximum absolute atomic E-state index is 12.3. The molecule has 0 fully saturated rings. The summed E-state index contributed by atoms with van der Waals surface area (Å²) in [7, 11) is 0. The Labute approximate surface area is 158 Å². The number of hydrogen-bond acceptors (Lipinski definition) is 4. The summed E-state index contributed by atoms with van der Waals surface area (Å²) in [6, 6.07) is 13.5. The molecule has 0 saturated carbocycles. The van der Waals surface area contributed by atoms with E-state index in [2.05, 4.69) is 10.6 Å². The van der Waals surface area contributed by atoms with E-state index in [9.17, 15) is 14.4 Å². The first-order valence-corrected chi connectivity index (χ1v) is 8.71. The molecule has 0 aliphatic heterocycles. The molecule has 0 aromatic heterocycles. The van der Waals surface area contributed by atoms with Gasteiger partial charge in [-0.2, -0.15) is 0 Å². The first kappa shape index (κ1) is 20.2. The number of anilines is 2. The third kappa shape index (κ3) is 5.41. The molecule has 6 nitrogen and oxygen atoms in total. The van der Waals surface area contributed by atoms with Crippen LogP contribution in [0, 0.1) is 0 Å². The van der Waals surface area contributed by atoms with Gasteiger partial charge in [0, 0.05) is 11.4 Å². The molecule has 2 aromatic rings. The monoisotopic (exact) mass is 368 g/mol. The number of carbonyl (C=O) groups is 3. The number of carbonyl (C=O) groups excluding carboxylic acids is 3. The molecule has 142 valence electrons. The highest BCUT2D eigenvalue weighted by Crippen LogP contribution is 2.29. The highest BCUT2D eigenvalue weighted by Gasteiger charge is 2.21. The summed E-state index contributed by atoms with van der Waals surface area (Å²) >= 11 is 0. The molecule has 0 saturated heterocycles. The molecule has 6 heteroatoms. The van der Waals surface area contributed by atoms with Crippen molar-refractivity contribution in [2.24, 2.45) is 0 Å². The molecule has 2 amide bonds. The Morgan fingerprint density at radius 2 is 1.48 bits per heavy atom. The molecule has 2 aromatic carbocycles. The van der Waals surface area contributed by atoms with Crippen LogP contribution in [-0.4, -0.2) is 24.4 Å². The van der Waals surface area contributed by atoms with E-state index in [1.165, 1.54) is 12.1 Å². The zero-order valence-electron chi connectivity index (χ0n) is 16.0. The second-order valence-corrected chi connectivity index (χ2v) is 7.00. The standard InChI is InChI=1S/C21H24N2O4/c1-5-27-20(26)14-10-12-15(13-11-14)22-18(24)19(25)23-17-9-7-6-8-16(17)21(2,3)4/h6-13H,5H2,1-4H3,(H,22,24)(H,23,25). The number of amides is 2. The molecule has 0 unspecified atom stereocenters. The van der Waals surface area contributed by atoms with Crippen molar-refractivity contribution in [3.8, 4) is 0 Å². The number of ether oxygens (including phenoxy) is 1. The molecule has 0 aliphatic carbocycles. The summed E-state index contributed by atoms with van der Waals surface area (Å²) in [6.45, 7) is 8.10. The van der Waals surface area contributed by atoms with Crippen molar-refractivity contribution in [1.29, 1.82) is 0 Å². The molecule has 27 heavy (non-hydrogen) atoms. The Hall–Kier alpha value is -3.15. The SMILES string of the molecule is CCOC(=O)c1ccc(NC(=O)C(=O)Nc2ccccc2C(C)(C)C)cc1. The van der Waals surface area contributed by atoms with Gasteiger partial charge in [0.05, 0.1) is 12.2 Å². The Balaban J connectivity index is 2.05. The summed E-state index contributed by atoms with van der Waals surface area (Å²) in [4.78, 5) is 36.1. The van der Waals surface area contributed by atoms with Crippen LogP contribution < -0.4 is 10.6 Å². The van der Waals surface area contributed by atoms with Crippen molar-refractivity contribution in [3.05, 3.63) is 59.7 Å². The van der Waals surface area contributed by atoms with Crippen molar-refractivity contribution in [2.75, 3.05) is 17.2 Å². The zero-order valence-corrected chi connectivity index (χ0v) is 16.0. The number of nitrogens with one attached hydrogen (secondary N) is 2. The average Bonchev–Trinajstić information content (AvgIpc) is 2.62. The Kier molecular flexibility index (Phi) is 6.34. The predicted octanol–water partition coefficient (Wildman–Crippen LogP) is 3.74. The molecule has 2 rings (SSSR count). The van der Waals surface area contributed by atoms with Gasteiger partial charge in [-0.25, -0.2) is 4.79 Å². The second kappa shape index (κ2) is 8.49. The van der Waals surface area contributed by atoms with E-state index in [4.69, 9.17) is 4.74 Å². The topological polar surface area (TPSA) is 84.5 Å². The van der Waals surface area contributed by atoms with Crippen molar-refractivity contribution in [2.45, 2.75) is 33.1 Å². The number of benzene rings is 2. The zero-order chi connectivity index (χ0) is 20.0. The lowest BCUT2D eigenvalue weighted by Gasteiger charge is -2.22.